The molecule has 32 heavy (non-hydrogen) atoms. The minimum absolute atomic E-state index is 0.191. The van der Waals surface area contributed by atoms with Crippen LogP contribution in [0.5, 0.6) is 0 Å². The molecule has 0 amide bonds. The molecule has 0 spiro atoms. The van der Waals surface area contributed by atoms with Crippen LogP contribution in [0.15, 0.2) is 88.8 Å². The summed E-state index contributed by atoms with van der Waals surface area (Å²) in [4.78, 5) is 12.8. The average molecular weight is 461 g/mol. The molecule has 0 fully saturated rings. The summed E-state index contributed by atoms with van der Waals surface area (Å²) >= 11 is 7.81. The number of halogens is 1. The van der Waals surface area contributed by atoms with Crippen molar-refractivity contribution >= 4 is 34.3 Å². The Labute approximate surface area is 192 Å². The van der Waals surface area contributed by atoms with Crippen LogP contribution in [0.25, 0.3) is 22.3 Å². The van der Waals surface area contributed by atoms with Gasteiger partial charge in [0.25, 0.3) is 5.56 Å². The molecular weight excluding hydrogens is 444 g/mol. The van der Waals surface area contributed by atoms with E-state index in [2.05, 4.69) is 20.5 Å². The minimum atomic E-state index is -0.191. The lowest BCUT2D eigenvalue weighted by Crippen LogP contribution is -2.23. The van der Waals surface area contributed by atoms with Gasteiger partial charge in [-0.1, -0.05) is 83.2 Å². The van der Waals surface area contributed by atoms with Gasteiger partial charge >= 0.3 is 0 Å². The van der Waals surface area contributed by atoms with E-state index in [0.29, 0.717) is 33.5 Å². The molecule has 9 heteroatoms. The summed E-state index contributed by atoms with van der Waals surface area (Å²) in [6.45, 7) is 0.565. The molecule has 7 nitrogen and oxygen atoms in total. The highest BCUT2D eigenvalue weighted by Crippen LogP contribution is 2.30. The molecule has 0 saturated heterocycles. The standard InChI is InChI=1S/C23H17ClN6OS/c24-19-12-6-4-10-17(19)21-26-27-23(29(21)14-16-8-2-1-3-9-16)32-15-30-22(31)18-11-5-7-13-20(18)25-28-30/h1-13H,14-15H2. The highest BCUT2D eigenvalue weighted by atomic mass is 35.5. The summed E-state index contributed by atoms with van der Waals surface area (Å²) in [6, 6.07) is 24.8. The molecule has 2 aromatic heterocycles. The Morgan fingerprint density at radius 3 is 2.44 bits per heavy atom. The third-order valence-corrected chi connectivity index (χ3v) is 6.22. The maximum Gasteiger partial charge on any atom is 0.278 e. The lowest BCUT2D eigenvalue weighted by molar-refractivity contribution is 0.639. The number of hydrogen-bond acceptors (Lipinski definition) is 6. The molecule has 0 aliphatic rings. The average Bonchev–Trinajstić information content (AvgIpc) is 3.22. The minimum Gasteiger partial charge on any atom is -0.297 e. The zero-order chi connectivity index (χ0) is 21.9. The van der Waals surface area contributed by atoms with Gasteiger partial charge in [0.05, 0.1) is 22.8 Å². The van der Waals surface area contributed by atoms with Crippen LogP contribution in [0.3, 0.4) is 0 Å². The topological polar surface area (TPSA) is 78.5 Å². The molecule has 0 saturated carbocycles. The van der Waals surface area contributed by atoms with Gasteiger partial charge in [0.1, 0.15) is 5.52 Å². The van der Waals surface area contributed by atoms with E-state index in [1.165, 1.54) is 16.4 Å². The van der Waals surface area contributed by atoms with E-state index in [1.54, 1.807) is 12.1 Å². The van der Waals surface area contributed by atoms with E-state index < -0.39 is 0 Å². The van der Waals surface area contributed by atoms with Crippen LogP contribution >= 0.6 is 23.4 Å². The van der Waals surface area contributed by atoms with Crippen molar-refractivity contribution in [1.29, 1.82) is 0 Å². The molecule has 2 heterocycles. The number of benzene rings is 3. The van der Waals surface area contributed by atoms with E-state index in [0.717, 1.165) is 11.1 Å². The van der Waals surface area contributed by atoms with Crippen LogP contribution in [0.2, 0.25) is 5.02 Å². The first-order valence-corrected chi connectivity index (χ1v) is 11.2. The molecule has 0 bridgehead atoms. The molecule has 158 valence electrons. The first kappa shape index (κ1) is 20.4. The predicted octanol–water partition coefficient (Wildman–Crippen LogP) is 4.50. The Balaban J connectivity index is 1.51. The van der Waals surface area contributed by atoms with Crippen molar-refractivity contribution in [3.63, 3.8) is 0 Å². The number of fused-ring (bicyclic) bond motifs is 1. The van der Waals surface area contributed by atoms with Crippen molar-refractivity contribution < 1.29 is 0 Å². The Kier molecular flexibility index (Phi) is 5.70. The molecule has 0 unspecified atom stereocenters. The van der Waals surface area contributed by atoms with Crippen molar-refractivity contribution in [2.24, 2.45) is 0 Å². The van der Waals surface area contributed by atoms with Crippen LogP contribution in [-0.2, 0) is 12.4 Å². The van der Waals surface area contributed by atoms with E-state index in [9.17, 15) is 4.79 Å². The number of rotatable bonds is 6. The molecule has 0 aliphatic carbocycles. The fourth-order valence-electron chi connectivity index (χ4n) is 3.37. The van der Waals surface area contributed by atoms with Crippen LogP contribution in [0.4, 0.5) is 0 Å². The fourth-order valence-corrected chi connectivity index (χ4v) is 4.40. The summed E-state index contributed by atoms with van der Waals surface area (Å²) < 4.78 is 3.34. The van der Waals surface area contributed by atoms with E-state index in [1.807, 2.05) is 71.3 Å². The van der Waals surface area contributed by atoms with Gasteiger partial charge in [0.15, 0.2) is 11.0 Å². The molecule has 0 N–H and O–H groups in total. The number of thioether (sulfide) groups is 1. The summed E-state index contributed by atoms with van der Waals surface area (Å²) in [5.41, 5.74) is 2.28. The van der Waals surface area contributed by atoms with E-state index in [4.69, 9.17) is 11.6 Å². The molecule has 5 rings (SSSR count). The Bertz CT molecular complexity index is 1450. The smallest absolute Gasteiger partial charge is 0.278 e. The number of nitrogens with zero attached hydrogens (tertiary/aromatic N) is 6. The summed E-state index contributed by atoms with van der Waals surface area (Å²) in [6.07, 6.45) is 0. The van der Waals surface area contributed by atoms with Crippen molar-refractivity contribution in [3.8, 4) is 11.4 Å². The Morgan fingerprint density at radius 2 is 1.59 bits per heavy atom. The molecule has 3 aromatic carbocycles. The zero-order valence-electron chi connectivity index (χ0n) is 16.8. The maximum atomic E-state index is 12.8. The normalized spacial score (nSPS) is 11.2. The second kappa shape index (κ2) is 8.94. The summed E-state index contributed by atoms with van der Waals surface area (Å²) in [5, 5.41) is 18.8. The Morgan fingerprint density at radius 1 is 0.844 bits per heavy atom. The zero-order valence-corrected chi connectivity index (χ0v) is 18.4. The van der Waals surface area contributed by atoms with Gasteiger partial charge in [-0.15, -0.1) is 15.3 Å². The summed E-state index contributed by atoms with van der Waals surface area (Å²) in [5.74, 6) is 0.922. The van der Waals surface area contributed by atoms with Gasteiger partial charge in [-0.3, -0.25) is 9.36 Å². The van der Waals surface area contributed by atoms with Crippen molar-refractivity contribution in [1.82, 2.24) is 29.8 Å². The van der Waals surface area contributed by atoms with Gasteiger partial charge in [-0.2, -0.15) is 4.68 Å². The lowest BCUT2D eigenvalue weighted by Gasteiger charge is -2.11. The maximum absolute atomic E-state index is 12.8. The quantitative estimate of drug-likeness (QED) is 0.347. The largest absolute Gasteiger partial charge is 0.297 e. The fraction of sp³-hybridized carbons (Fsp3) is 0.0870. The van der Waals surface area contributed by atoms with Gasteiger partial charge in [-0.25, -0.2) is 0 Å². The van der Waals surface area contributed by atoms with E-state index in [-0.39, 0.29) is 11.4 Å². The lowest BCUT2D eigenvalue weighted by atomic mass is 10.2. The monoisotopic (exact) mass is 460 g/mol. The second-order valence-corrected chi connectivity index (χ2v) is 8.36. The van der Waals surface area contributed by atoms with Gasteiger partial charge in [0.2, 0.25) is 0 Å². The molecule has 0 aliphatic heterocycles. The molecule has 0 atom stereocenters. The third kappa shape index (κ3) is 4.02. The first-order chi connectivity index (χ1) is 15.7. The second-order valence-electron chi connectivity index (χ2n) is 7.04. The van der Waals surface area contributed by atoms with Crippen molar-refractivity contribution in [2.45, 2.75) is 17.6 Å². The van der Waals surface area contributed by atoms with Gasteiger partial charge in [-0.05, 0) is 29.8 Å². The van der Waals surface area contributed by atoms with Crippen molar-refractivity contribution in [2.75, 3.05) is 0 Å². The molecular formula is C23H17ClN6OS. The van der Waals surface area contributed by atoms with Crippen LogP contribution in [-0.4, -0.2) is 29.8 Å². The van der Waals surface area contributed by atoms with Crippen molar-refractivity contribution in [3.05, 3.63) is 99.8 Å². The summed E-state index contributed by atoms with van der Waals surface area (Å²) in [7, 11) is 0. The van der Waals surface area contributed by atoms with Gasteiger partial charge < -0.3 is 0 Å². The predicted molar refractivity (Wildman–Crippen MR) is 126 cm³/mol. The van der Waals surface area contributed by atoms with Crippen LogP contribution in [0, 0.1) is 0 Å². The van der Waals surface area contributed by atoms with Crippen LogP contribution in [0.1, 0.15) is 5.56 Å². The molecule has 0 radical (unpaired) electrons. The first-order valence-electron chi connectivity index (χ1n) is 9.88. The van der Waals surface area contributed by atoms with Crippen LogP contribution < -0.4 is 5.56 Å². The Hall–Kier alpha value is -3.49. The third-order valence-electron chi connectivity index (χ3n) is 4.96. The highest BCUT2D eigenvalue weighted by Gasteiger charge is 2.17. The molecule has 5 aromatic rings. The highest BCUT2D eigenvalue weighted by molar-refractivity contribution is 7.98. The van der Waals surface area contributed by atoms with Gasteiger partial charge in [0, 0.05) is 5.56 Å². The van der Waals surface area contributed by atoms with E-state index >= 15 is 0 Å². The number of hydrogen-bond donors (Lipinski definition) is 0. The number of aromatic nitrogens is 6. The SMILES string of the molecule is O=c1c2ccccc2nnn1CSc1nnc(-c2ccccc2Cl)n1Cc1ccccc1.